The Hall–Kier alpha value is -1.98. The minimum atomic E-state index is -0.465. The van der Waals surface area contributed by atoms with Crippen molar-refractivity contribution in [3.05, 3.63) is 79.9 Å². The monoisotopic (exact) mass is 426 g/mol. The van der Waals surface area contributed by atoms with Crippen LogP contribution in [-0.2, 0) is 0 Å². The standard InChI is InChI=1S/C18H10Cl4N2O2/c19-10-4-6-12(15(21)8-10)18(25)24-23-9-11-5-7-16(26-11)13-2-1-3-14(20)17(13)22/h1-9H,(H,24,25)/b23-9-. The first kappa shape index (κ1) is 18.8. The molecule has 0 radical (unpaired) electrons. The first-order valence-electron chi connectivity index (χ1n) is 7.28. The van der Waals surface area contributed by atoms with Gasteiger partial charge in [0.2, 0.25) is 0 Å². The molecule has 3 rings (SSSR count). The van der Waals surface area contributed by atoms with Gasteiger partial charge in [-0.1, -0.05) is 52.5 Å². The third-order valence-electron chi connectivity index (χ3n) is 3.38. The van der Waals surface area contributed by atoms with E-state index in [1.807, 2.05) is 0 Å². The normalized spacial score (nSPS) is 11.1. The smallest absolute Gasteiger partial charge is 0.272 e. The van der Waals surface area contributed by atoms with E-state index in [4.69, 9.17) is 50.8 Å². The van der Waals surface area contributed by atoms with Crippen molar-refractivity contribution in [3.63, 3.8) is 0 Å². The molecule has 0 saturated carbocycles. The number of rotatable bonds is 4. The van der Waals surface area contributed by atoms with Crippen molar-refractivity contribution >= 4 is 58.5 Å². The summed E-state index contributed by atoms with van der Waals surface area (Å²) in [6.07, 6.45) is 1.36. The maximum Gasteiger partial charge on any atom is 0.272 e. The lowest BCUT2D eigenvalue weighted by Crippen LogP contribution is -2.17. The van der Waals surface area contributed by atoms with Crippen molar-refractivity contribution in [1.82, 2.24) is 5.43 Å². The first-order chi connectivity index (χ1) is 12.5. The lowest BCUT2D eigenvalue weighted by Gasteiger charge is -2.02. The third kappa shape index (κ3) is 4.22. The van der Waals surface area contributed by atoms with Crippen LogP contribution in [-0.4, -0.2) is 12.1 Å². The summed E-state index contributed by atoms with van der Waals surface area (Å²) in [5.41, 5.74) is 3.30. The lowest BCUT2D eigenvalue weighted by molar-refractivity contribution is 0.0955. The van der Waals surface area contributed by atoms with Gasteiger partial charge in [0.05, 0.1) is 26.8 Å². The second-order valence-corrected chi connectivity index (χ2v) is 6.76. The number of hydrogen-bond donors (Lipinski definition) is 1. The predicted octanol–water partition coefficient (Wildman–Crippen LogP) is 6.32. The first-order valence-corrected chi connectivity index (χ1v) is 8.79. The van der Waals surface area contributed by atoms with Crippen LogP contribution in [0.15, 0.2) is 58.0 Å². The molecule has 0 atom stereocenters. The highest BCUT2D eigenvalue weighted by Crippen LogP contribution is 2.34. The Morgan fingerprint density at radius 1 is 1.00 bits per heavy atom. The molecule has 0 bridgehead atoms. The highest BCUT2D eigenvalue weighted by atomic mass is 35.5. The number of hydrogen-bond acceptors (Lipinski definition) is 3. The second-order valence-electron chi connectivity index (χ2n) is 5.13. The van der Waals surface area contributed by atoms with Crippen molar-refractivity contribution in [3.8, 4) is 11.3 Å². The summed E-state index contributed by atoms with van der Waals surface area (Å²) >= 11 is 24.0. The Morgan fingerprint density at radius 2 is 1.81 bits per heavy atom. The molecule has 1 heterocycles. The Bertz CT molecular complexity index is 999. The maximum absolute atomic E-state index is 12.1. The van der Waals surface area contributed by atoms with Gasteiger partial charge in [-0.2, -0.15) is 5.10 Å². The van der Waals surface area contributed by atoms with Crippen molar-refractivity contribution in [1.29, 1.82) is 0 Å². The van der Waals surface area contributed by atoms with Crippen LogP contribution >= 0.6 is 46.4 Å². The summed E-state index contributed by atoms with van der Waals surface area (Å²) in [5.74, 6) is 0.497. The SMILES string of the molecule is O=C(N/N=C\c1ccc(-c2cccc(Cl)c2Cl)o1)c1ccc(Cl)cc1Cl. The average molecular weight is 428 g/mol. The summed E-state index contributed by atoms with van der Waals surface area (Å²) in [6, 6.07) is 13.2. The summed E-state index contributed by atoms with van der Waals surface area (Å²) in [6.45, 7) is 0. The molecule has 0 unspecified atom stereocenters. The zero-order valence-electron chi connectivity index (χ0n) is 13.0. The molecule has 0 aliphatic rings. The molecule has 132 valence electrons. The molecule has 1 amide bonds. The molecule has 26 heavy (non-hydrogen) atoms. The van der Waals surface area contributed by atoms with Crippen molar-refractivity contribution in [2.45, 2.75) is 0 Å². The summed E-state index contributed by atoms with van der Waals surface area (Å²) in [5, 5.41) is 5.37. The van der Waals surface area contributed by atoms with E-state index >= 15 is 0 Å². The van der Waals surface area contributed by atoms with Crippen molar-refractivity contribution in [2.75, 3.05) is 0 Å². The minimum Gasteiger partial charge on any atom is -0.455 e. The fourth-order valence-corrected chi connectivity index (χ4v) is 3.04. The number of nitrogens with zero attached hydrogens (tertiary/aromatic N) is 1. The maximum atomic E-state index is 12.1. The van der Waals surface area contributed by atoms with Crippen LogP contribution in [0.3, 0.4) is 0 Å². The van der Waals surface area contributed by atoms with Gasteiger partial charge in [0.15, 0.2) is 0 Å². The molecule has 1 N–H and O–H groups in total. The Balaban J connectivity index is 1.71. The van der Waals surface area contributed by atoms with Gasteiger partial charge in [0.25, 0.3) is 5.91 Å². The number of nitrogens with one attached hydrogen (secondary N) is 1. The number of hydrazone groups is 1. The van der Waals surface area contributed by atoms with Crippen molar-refractivity contribution in [2.24, 2.45) is 5.10 Å². The van der Waals surface area contributed by atoms with Gasteiger partial charge in [-0.05, 0) is 42.5 Å². The fraction of sp³-hybridized carbons (Fsp3) is 0. The Kier molecular flexibility index (Phi) is 5.89. The van der Waals surface area contributed by atoms with E-state index in [1.165, 1.54) is 18.3 Å². The molecule has 1 aromatic heterocycles. The van der Waals surface area contributed by atoms with E-state index in [1.54, 1.807) is 36.4 Å². The van der Waals surface area contributed by atoms with E-state index in [0.717, 1.165) is 0 Å². The van der Waals surface area contributed by atoms with E-state index < -0.39 is 5.91 Å². The van der Waals surface area contributed by atoms with E-state index in [2.05, 4.69) is 10.5 Å². The van der Waals surface area contributed by atoms with E-state index in [0.29, 0.717) is 32.2 Å². The average Bonchev–Trinajstić information content (AvgIpc) is 3.06. The fourth-order valence-electron chi connectivity index (χ4n) is 2.15. The van der Waals surface area contributed by atoms with Gasteiger partial charge in [-0.3, -0.25) is 4.79 Å². The van der Waals surface area contributed by atoms with Gasteiger partial charge < -0.3 is 4.42 Å². The highest BCUT2D eigenvalue weighted by molar-refractivity contribution is 6.43. The minimum absolute atomic E-state index is 0.237. The van der Waals surface area contributed by atoms with Crippen LogP contribution in [0.1, 0.15) is 16.1 Å². The number of benzene rings is 2. The van der Waals surface area contributed by atoms with Crippen LogP contribution in [0.5, 0.6) is 0 Å². The van der Waals surface area contributed by atoms with Crippen LogP contribution in [0.2, 0.25) is 20.1 Å². The highest BCUT2D eigenvalue weighted by Gasteiger charge is 2.11. The Morgan fingerprint density at radius 3 is 2.58 bits per heavy atom. The third-order valence-corrected chi connectivity index (χ3v) is 4.74. The van der Waals surface area contributed by atoms with Gasteiger partial charge in [0.1, 0.15) is 11.5 Å². The molecule has 0 spiro atoms. The number of carbonyl (C=O) groups is 1. The lowest BCUT2D eigenvalue weighted by atomic mass is 10.2. The molecule has 0 aliphatic heterocycles. The van der Waals surface area contributed by atoms with E-state index in [-0.39, 0.29) is 10.6 Å². The number of carbonyl (C=O) groups excluding carboxylic acids is 1. The molecular weight excluding hydrogens is 418 g/mol. The quantitative estimate of drug-likeness (QED) is 0.391. The number of amides is 1. The largest absolute Gasteiger partial charge is 0.455 e. The predicted molar refractivity (Wildman–Crippen MR) is 106 cm³/mol. The summed E-state index contributed by atoms with van der Waals surface area (Å²) in [4.78, 5) is 12.1. The summed E-state index contributed by atoms with van der Waals surface area (Å²) < 4.78 is 5.65. The number of halogens is 4. The molecule has 0 fully saturated rings. The molecule has 4 nitrogen and oxygen atoms in total. The van der Waals surface area contributed by atoms with Gasteiger partial charge in [-0.25, -0.2) is 5.43 Å². The van der Waals surface area contributed by atoms with Crippen LogP contribution in [0, 0.1) is 0 Å². The van der Waals surface area contributed by atoms with Gasteiger partial charge in [-0.15, -0.1) is 0 Å². The summed E-state index contributed by atoms with van der Waals surface area (Å²) in [7, 11) is 0. The van der Waals surface area contributed by atoms with Crippen LogP contribution in [0.25, 0.3) is 11.3 Å². The molecular formula is C18H10Cl4N2O2. The van der Waals surface area contributed by atoms with Gasteiger partial charge >= 0.3 is 0 Å². The molecule has 0 saturated heterocycles. The van der Waals surface area contributed by atoms with Gasteiger partial charge in [0, 0.05) is 10.6 Å². The topological polar surface area (TPSA) is 54.6 Å². The zero-order valence-corrected chi connectivity index (χ0v) is 16.0. The van der Waals surface area contributed by atoms with Crippen molar-refractivity contribution < 1.29 is 9.21 Å². The Labute approximate surface area is 169 Å². The molecule has 2 aromatic carbocycles. The molecule has 3 aromatic rings. The molecule has 0 aliphatic carbocycles. The number of furan rings is 1. The van der Waals surface area contributed by atoms with Crippen LogP contribution in [0.4, 0.5) is 0 Å². The van der Waals surface area contributed by atoms with Crippen LogP contribution < -0.4 is 5.43 Å². The molecule has 8 heteroatoms. The second kappa shape index (κ2) is 8.14. The zero-order chi connectivity index (χ0) is 18.7. The van der Waals surface area contributed by atoms with E-state index in [9.17, 15) is 4.79 Å².